The second-order valence-electron chi connectivity index (χ2n) is 5.94. The van der Waals surface area contributed by atoms with Gasteiger partial charge < -0.3 is 5.11 Å². The zero-order chi connectivity index (χ0) is 10.9. The molecule has 0 spiro atoms. The van der Waals surface area contributed by atoms with Crippen molar-refractivity contribution in [3.8, 4) is 0 Å². The van der Waals surface area contributed by atoms with E-state index in [0.29, 0.717) is 0 Å². The first-order valence-corrected chi connectivity index (χ1v) is 6.54. The molecule has 0 aromatic carbocycles. The number of hydrogen-bond donors (Lipinski definition) is 1. The van der Waals surface area contributed by atoms with Gasteiger partial charge in [-0.05, 0) is 39.5 Å². The predicted molar refractivity (Wildman–Crippen MR) is 62.9 cm³/mol. The third kappa shape index (κ3) is 2.54. The summed E-state index contributed by atoms with van der Waals surface area (Å²) < 4.78 is 0. The molecule has 2 rings (SSSR count). The lowest BCUT2D eigenvalue weighted by Crippen LogP contribution is -2.56. The molecule has 2 nitrogen and oxygen atoms in total. The first-order chi connectivity index (χ1) is 7.09. The van der Waals surface area contributed by atoms with E-state index in [0.717, 1.165) is 25.4 Å². The normalized spacial score (nSPS) is 34.2. The largest absolute Gasteiger partial charge is 0.393 e. The van der Waals surface area contributed by atoms with Crippen LogP contribution in [0.2, 0.25) is 0 Å². The third-order valence-electron chi connectivity index (χ3n) is 4.23. The predicted octanol–water partition coefficient (Wildman–Crippen LogP) is 2.55. The van der Waals surface area contributed by atoms with E-state index in [1.165, 1.54) is 32.1 Å². The topological polar surface area (TPSA) is 23.5 Å². The van der Waals surface area contributed by atoms with Crippen molar-refractivity contribution < 1.29 is 5.11 Å². The Kier molecular flexibility index (Phi) is 3.36. The fourth-order valence-corrected chi connectivity index (χ4v) is 3.46. The molecule has 1 N–H and O–H groups in total. The molecule has 1 atom stereocenters. The van der Waals surface area contributed by atoms with Crippen LogP contribution in [0, 0.1) is 0 Å². The molecule has 1 unspecified atom stereocenters. The van der Waals surface area contributed by atoms with E-state index < -0.39 is 0 Å². The van der Waals surface area contributed by atoms with Gasteiger partial charge in [-0.1, -0.05) is 19.3 Å². The quantitative estimate of drug-likeness (QED) is 0.720. The van der Waals surface area contributed by atoms with Crippen molar-refractivity contribution in [1.29, 1.82) is 0 Å². The lowest BCUT2D eigenvalue weighted by Gasteiger charge is -2.49. The number of piperidine rings is 1. The molecule has 88 valence electrons. The Morgan fingerprint density at radius 2 is 1.73 bits per heavy atom. The van der Waals surface area contributed by atoms with Crippen molar-refractivity contribution in [2.75, 3.05) is 6.54 Å². The van der Waals surface area contributed by atoms with E-state index in [-0.39, 0.29) is 11.6 Å². The molecule has 15 heavy (non-hydrogen) atoms. The highest BCUT2D eigenvalue weighted by Gasteiger charge is 2.37. The molecule has 2 fully saturated rings. The molecule has 0 bridgehead atoms. The number of aliphatic hydroxyl groups is 1. The fourth-order valence-electron chi connectivity index (χ4n) is 3.46. The van der Waals surface area contributed by atoms with Gasteiger partial charge in [-0.2, -0.15) is 0 Å². The summed E-state index contributed by atoms with van der Waals surface area (Å²) in [6.07, 6.45) is 8.83. The first kappa shape index (κ1) is 11.4. The van der Waals surface area contributed by atoms with Crippen molar-refractivity contribution in [2.24, 2.45) is 0 Å². The molecule has 1 saturated heterocycles. The van der Waals surface area contributed by atoms with Crippen LogP contribution in [0.1, 0.15) is 58.8 Å². The van der Waals surface area contributed by atoms with E-state index in [9.17, 15) is 5.11 Å². The van der Waals surface area contributed by atoms with Gasteiger partial charge in [0.25, 0.3) is 0 Å². The van der Waals surface area contributed by atoms with Gasteiger partial charge in [0.2, 0.25) is 0 Å². The average Bonchev–Trinajstić information content (AvgIpc) is 2.17. The number of hydrogen-bond acceptors (Lipinski definition) is 2. The van der Waals surface area contributed by atoms with Gasteiger partial charge in [0, 0.05) is 18.1 Å². The molecule has 0 amide bonds. The SMILES string of the molecule is CC1(C)CC(O)CCN1C1CCCCC1. The zero-order valence-electron chi connectivity index (χ0n) is 10.2. The Bertz CT molecular complexity index is 209. The van der Waals surface area contributed by atoms with E-state index in [1.54, 1.807) is 0 Å². The molecule has 2 aliphatic rings. The first-order valence-electron chi connectivity index (χ1n) is 6.54. The van der Waals surface area contributed by atoms with Crippen molar-refractivity contribution in [3.63, 3.8) is 0 Å². The minimum Gasteiger partial charge on any atom is -0.393 e. The highest BCUT2D eigenvalue weighted by molar-refractivity contribution is 4.93. The van der Waals surface area contributed by atoms with Crippen LogP contribution in [0.5, 0.6) is 0 Å². The van der Waals surface area contributed by atoms with E-state index in [1.807, 2.05) is 0 Å². The van der Waals surface area contributed by atoms with Gasteiger partial charge >= 0.3 is 0 Å². The Labute approximate surface area is 93.7 Å². The Morgan fingerprint density at radius 3 is 2.33 bits per heavy atom. The van der Waals surface area contributed by atoms with Crippen molar-refractivity contribution in [1.82, 2.24) is 4.90 Å². The van der Waals surface area contributed by atoms with E-state index in [2.05, 4.69) is 18.7 Å². The molecule has 1 aliphatic carbocycles. The van der Waals surface area contributed by atoms with Crippen LogP contribution in [0.4, 0.5) is 0 Å². The number of likely N-dealkylation sites (tertiary alicyclic amines) is 1. The van der Waals surface area contributed by atoms with E-state index in [4.69, 9.17) is 0 Å². The van der Waals surface area contributed by atoms with Crippen molar-refractivity contribution in [2.45, 2.75) is 76.5 Å². The standard InChI is InChI=1S/C13H25NO/c1-13(2)10-12(15)8-9-14(13)11-6-4-3-5-7-11/h11-12,15H,3-10H2,1-2H3. The van der Waals surface area contributed by atoms with Crippen LogP contribution in [0.3, 0.4) is 0 Å². The summed E-state index contributed by atoms with van der Waals surface area (Å²) in [5.74, 6) is 0. The van der Waals surface area contributed by atoms with Crippen LogP contribution in [-0.2, 0) is 0 Å². The van der Waals surface area contributed by atoms with Gasteiger partial charge in [-0.25, -0.2) is 0 Å². The van der Waals surface area contributed by atoms with E-state index >= 15 is 0 Å². The van der Waals surface area contributed by atoms with Crippen LogP contribution in [0.15, 0.2) is 0 Å². The minimum atomic E-state index is -0.0696. The van der Waals surface area contributed by atoms with Crippen molar-refractivity contribution in [3.05, 3.63) is 0 Å². The lowest BCUT2D eigenvalue weighted by atomic mass is 9.83. The Morgan fingerprint density at radius 1 is 1.07 bits per heavy atom. The zero-order valence-corrected chi connectivity index (χ0v) is 10.2. The van der Waals surface area contributed by atoms with Gasteiger partial charge in [-0.3, -0.25) is 4.90 Å². The summed E-state index contributed by atoms with van der Waals surface area (Å²) >= 11 is 0. The Hall–Kier alpha value is -0.0800. The third-order valence-corrected chi connectivity index (χ3v) is 4.23. The second-order valence-corrected chi connectivity index (χ2v) is 5.94. The molecule has 1 heterocycles. The minimum absolute atomic E-state index is 0.0696. The molecule has 0 aromatic rings. The average molecular weight is 211 g/mol. The van der Waals surface area contributed by atoms with Gasteiger partial charge in [0.05, 0.1) is 6.10 Å². The molecule has 0 aromatic heterocycles. The lowest BCUT2D eigenvalue weighted by molar-refractivity contribution is -0.0357. The van der Waals surface area contributed by atoms with Crippen molar-refractivity contribution >= 4 is 0 Å². The highest BCUT2D eigenvalue weighted by atomic mass is 16.3. The molecule has 1 aliphatic heterocycles. The van der Waals surface area contributed by atoms with Crippen LogP contribution < -0.4 is 0 Å². The maximum absolute atomic E-state index is 9.73. The van der Waals surface area contributed by atoms with Gasteiger partial charge in [0.1, 0.15) is 0 Å². The summed E-state index contributed by atoms with van der Waals surface area (Å²) in [6, 6.07) is 0.793. The summed E-state index contributed by atoms with van der Waals surface area (Å²) in [4.78, 5) is 2.67. The summed E-state index contributed by atoms with van der Waals surface area (Å²) in [6.45, 7) is 5.69. The molecule has 2 heteroatoms. The smallest absolute Gasteiger partial charge is 0.0569 e. The second kappa shape index (κ2) is 4.42. The monoisotopic (exact) mass is 211 g/mol. The Balaban J connectivity index is 2.00. The number of rotatable bonds is 1. The van der Waals surface area contributed by atoms with Crippen LogP contribution in [0.25, 0.3) is 0 Å². The summed E-state index contributed by atoms with van der Waals surface area (Å²) in [5, 5.41) is 9.73. The molecule has 0 radical (unpaired) electrons. The van der Waals surface area contributed by atoms with Gasteiger partial charge in [-0.15, -0.1) is 0 Å². The molecule has 1 saturated carbocycles. The highest BCUT2D eigenvalue weighted by Crippen LogP contribution is 2.34. The number of aliphatic hydroxyl groups excluding tert-OH is 1. The maximum Gasteiger partial charge on any atom is 0.0569 e. The van der Waals surface area contributed by atoms with Crippen LogP contribution in [-0.4, -0.2) is 34.2 Å². The summed E-state index contributed by atoms with van der Waals surface area (Å²) in [7, 11) is 0. The summed E-state index contributed by atoms with van der Waals surface area (Å²) in [5.41, 5.74) is 0.208. The molecular weight excluding hydrogens is 186 g/mol. The van der Waals surface area contributed by atoms with Gasteiger partial charge in [0.15, 0.2) is 0 Å². The van der Waals surface area contributed by atoms with Crippen LogP contribution >= 0.6 is 0 Å². The molecular formula is C13H25NO. The number of nitrogens with zero attached hydrogens (tertiary/aromatic N) is 1. The fraction of sp³-hybridized carbons (Fsp3) is 1.00. The maximum atomic E-state index is 9.73.